The van der Waals surface area contributed by atoms with E-state index in [1.807, 2.05) is 12.1 Å². The van der Waals surface area contributed by atoms with Crippen molar-refractivity contribution in [2.45, 2.75) is 19.5 Å². The average Bonchev–Trinajstić information content (AvgIpc) is 2.48. The van der Waals surface area contributed by atoms with E-state index in [2.05, 4.69) is 41.3 Å². The Balaban J connectivity index is 1.68. The number of methoxy groups -OCH3 is 1. The molecule has 0 atom stereocenters. The Morgan fingerprint density at radius 2 is 1.74 bits per heavy atom. The van der Waals surface area contributed by atoms with Gasteiger partial charge in [-0.1, -0.05) is 36.4 Å². The topological polar surface area (TPSA) is 12.5 Å². The van der Waals surface area contributed by atoms with Gasteiger partial charge in [0.2, 0.25) is 0 Å². The lowest BCUT2D eigenvalue weighted by Crippen LogP contribution is -2.29. The minimum Gasteiger partial charge on any atom is -0.497 e. The minimum atomic E-state index is 0.924. The molecule has 2 nitrogen and oxygen atoms in total. The van der Waals surface area contributed by atoms with Gasteiger partial charge < -0.3 is 4.74 Å². The molecule has 0 bridgehead atoms. The SMILES string of the molecule is COc1ccc(CN2CCc3ccccc3C2)cc1. The summed E-state index contributed by atoms with van der Waals surface area (Å²) in [6.07, 6.45) is 1.16. The molecular weight excluding hydrogens is 234 g/mol. The number of ether oxygens (including phenoxy) is 1. The highest BCUT2D eigenvalue weighted by molar-refractivity contribution is 5.30. The van der Waals surface area contributed by atoms with Crippen LogP contribution in [0.5, 0.6) is 5.75 Å². The molecule has 1 heterocycles. The molecule has 0 saturated carbocycles. The third-order valence-electron chi connectivity index (χ3n) is 3.77. The summed E-state index contributed by atoms with van der Waals surface area (Å²) in [5.41, 5.74) is 4.33. The van der Waals surface area contributed by atoms with Crippen LogP contribution in [0, 0.1) is 0 Å². The third-order valence-corrected chi connectivity index (χ3v) is 3.77. The highest BCUT2D eigenvalue weighted by Crippen LogP contribution is 2.21. The molecule has 2 heteroatoms. The zero-order valence-electron chi connectivity index (χ0n) is 11.3. The van der Waals surface area contributed by atoms with Crippen molar-refractivity contribution in [2.24, 2.45) is 0 Å². The molecular formula is C17H19NO. The van der Waals surface area contributed by atoms with E-state index in [0.29, 0.717) is 0 Å². The summed E-state index contributed by atoms with van der Waals surface area (Å²) in [6.45, 7) is 3.21. The normalized spacial score (nSPS) is 15.0. The smallest absolute Gasteiger partial charge is 0.118 e. The van der Waals surface area contributed by atoms with E-state index in [1.54, 1.807) is 7.11 Å². The van der Waals surface area contributed by atoms with Crippen molar-refractivity contribution < 1.29 is 4.74 Å². The summed E-state index contributed by atoms with van der Waals surface area (Å²) in [4.78, 5) is 2.50. The molecule has 0 aliphatic carbocycles. The number of fused-ring (bicyclic) bond motifs is 1. The number of rotatable bonds is 3. The Morgan fingerprint density at radius 3 is 2.47 bits per heavy atom. The first-order valence-corrected chi connectivity index (χ1v) is 6.77. The Labute approximate surface area is 114 Å². The van der Waals surface area contributed by atoms with Crippen molar-refractivity contribution >= 4 is 0 Å². The second kappa shape index (κ2) is 5.45. The van der Waals surface area contributed by atoms with Crippen LogP contribution in [-0.2, 0) is 19.5 Å². The molecule has 0 saturated heterocycles. The summed E-state index contributed by atoms with van der Waals surface area (Å²) in [5.74, 6) is 0.924. The first-order valence-electron chi connectivity index (χ1n) is 6.77. The van der Waals surface area contributed by atoms with Crippen LogP contribution < -0.4 is 4.74 Å². The predicted octanol–water partition coefficient (Wildman–Crippen LogP) is 3.25. The lowest BCUT2D eigenvalue weighted by molar-refractivity contribution is 0.245. The van der Waals surface area contributed by atoms with E-state index < -0.39 is 0 Å². The average molecular weight is 253 g/mol. The molecule has 0 spiro atoms. The van der Waals surface area contributed by atoms with Gasteiger partial charge in [-0.05, 0) is 35.2 Å². The van der Waals surface area contributed by atoms with Gasteiger partial charge in [0.05, 0.1) is 7.11 Å². The molecule has 1 aliphatic rings. The molecule has 2 aromatic carbocycles. The molecule has 0 amide bonds. The highest BCUT2D eigenvalue weighted by atomic mass is 16.5. The van der Waals surface area contributed by atoms with Gasteiger partial charge in [-0.3, -0.25) is 4.90 Å². The van der Waals surface area contributed by atoms with E-state index in [1.165, 1.54) is 16.7 Å². The van der Waals surface area contributed by atoms with Crippen molar-refractivity contribution in [3.8, 4) is 5.75 Å². The van der Waals surface area contributed by atoms with E-state index in [-0.39, 0.29) is 0 Å². The zero-order valence-corrected chi connectivity index (χ0v) is 11.3. The number of benzene rings is 2. The predicted molar refractivity (Wildman–Crippen MR) is 77.3 cm³/mol. The number of nitrogens with zero attached hydrogens (tertiary/aromatic N) is 1. The van der Waals surface area contributed by atoms with Gasteiger partial charge in [0.15, 0.2) is 0 Å². The van der Waals surface area contributed by atoms with Crippen LogP contribution in [0.4, 0.5) is 0 Å². The van der Waals surface area contributed by atoms with Gasteiger partial charge in [0.25, 0.3) is 0 Å². The van der Waals surface area contributed by atoms with Crippen molar-refractivity contribution in [2.75, 3.05) is 13.7 Å². The van der Waals surface area contributed by atoms with Gasteiger partial charge in [0, 0.05) is 19.6 Å². The van der Waals surface area contributed by atoms with Crippen molar-refractivity contribution in [3.63, 3.8) is 0 Å². The summed E-state index contributed by atoms with van der Waals surface area (Å²) in [7, 11) is 1.70. The largest absolute Gasteiger partial charge is 0.497 e. The van der Waals surface area contributed by atoms with Crippen molar-refractivity contribution in [3.05, 3.63) is 65.2 Å². The lowest BCUT2D eigenvalue weighted by atomic mass is 9.99. The van der Waals surface area contributed by atoms with Crippen LogP contribution in [0.25, 0.3) is 0 Å². The van der Waals surface area contributed by atoms with Crippen LogP contribution in [0.2, 0.25) is 0 Å². The maximum Gasteiger partial charge on any atom is 0.118 e. The van der Waals surface area contributed by atoms with Gasteiger partial charge in [-0.25, -0.2) is 0 Å². The number of hydrogen-bond donors (Lipinski definition) is 0. The van der Waals surface area contributed by atoms with E-state index in [4.69, 9.17) is 4.74 Å². The second-order valence-electron chi connectivity index (χ2n) is 5.08. The molecule has 2 aromatic rings. The fraction of sp³-hybridized carbons (Fsp3) is 0.294. The monoisotopic (exact) mass is 253 g/mol. The van der Waals surface area contributed by atoms with E-state index in [0.717, 1.165) is 31.8 Å². The number of hydrogen-bond acceptors (Lipinski definition) is 2. The Morgan fingerprint density at radius 1 is 1.00 bits per heavy atom. The molecule has 1 aliphatic heterocycles. The molecule has 0 N–H and O–H groups in total. The maximum atomic E-state index is 5.19. The van der Waals surface area contributed by atoms with E-state index in [9.17, 15) is 0 Å². The third kappa shape index (κ3) is 2.79. The fourth-order valence-electron chi connectivity index (χ4n) is 2.68. The molecule has 0 unspecified atom stereocenters. The molecule has 0 aromatic heterocycles. The Bertz CT molecular complexity index is 547. The van der Waals surface area contributed by atoms with Crippen LogP contribution >= 0.6 is 0 Å². The van der Waals surface area contributed by atoms with Gasteiger partial charge in [0.1, 0.15) is 5.75 Å². The Hall–Kier alpha value is -1.80. The minimum absolute atomic E-state index is 0.924. The quantitative estimate of drug-likeness (QED) is 0.832. The zero-order chi connectivity index (χ0) is 13.1. The Kier molecular flexibility index (Phi) is 3.51. The maximum absolute atomic E-state index is 5.19. The summed E-state index contributed by atoms with van der Waals surface area (Å²) in [5, 5.41) is 0. The van der Waals surface area contributed by atoms with Crippen molar-refractivity contribution in [1.82, 2.24) is 4.90 Å². The second-order valence-corrected chi connectivity index (χ2v) is 5.08. The van der Waals surface area contributed by atoms with Crippen molar-refractivity contribution in [1.29, 1.82) is 0 Å². The molecule has 0 radical (unpaired) electrons. The van der Waals surface area contributed by atoms with Gasteiger partial charge in [-0.15, -0.1) is 0 Å². The lowest BCUT2D eigenvalue weighted by Gasteiger charge is -2.28. The van der Waals surface area contributed by atoms with Crippen LogP contribution in [0.3, 0.4) is 0 Å². The first-order chi connectivity index (χ1) is 9.35. The fourth-order valence-corrected chi connectivity index (χ4v) is 2.68. The van der Waals surface area contributed by atoms with Gasteiger partial charge >= 0.3 is 0 Å². The van der Waals surface area contributed by atoms with Crippen LogP contribution in [0.15, 0.2) is 48.5 Å². The molecule has 98 valence electrons. The molecule has 0 fully saturated rings. The summed E-state index contributed by atoms with van der Waals surface area (Å²) in [6, 6.07) is 17.1. The standard InChI is InChI=1S/C17H19NO/c1-19-17-8-6-14(7-9-17)12-18-11-10-15-4-2-3-5-16(15)13-18/h2-9H,10-13H2,1H3. The molecule has 19 heavy (non-hydrogen) atoms. The highest BCUT2D eigenvalue weighted by Gasteiger charge is 2.15. The van der Waals surface area contributed by atoms with Crippen LogP contribution in [0.1, 0.15) is 16.7 Å². The molecule has 3 rings (SSSR count). The van der Waals surface area contributed by atoms with Gasteiger partial charge in [-0.2, -0.15) is 0 Å². The van der Waals surface area contributed by atoms with Crippen LogP contribution in [-0.4, -0.2) is 18.6 Å². The first kappa shape index (κ1) is 12.2. The van der Waals surface area contributed by atoms with E-state index >= 15 is 0 Å². The summed E-state index contributed by atoms with van der Waals surface area (Å²) < 4.78 is 5.19. The summed E-state index contributed by atoms with van der Waals surface area (Å²) >= 11 is 0.